The molecule has 118 valence electrons. The van der Waals surface area contributed by atoms with Gasteiger partial charge in [0, 0.05) is 18.7 Å². The van der Waals surface area contributed by atoms with Gasteiger partial charge in [-0.1, -0.05) is 49.8 Å². The molecule has 1 aromatic rings. The van der Waals surface area contributed by atoms with Crippen LogP contribution in [-0.4, -0.2) is 33.2 Å². The second-order valence-electron chi connectivity index (χ2n) is 4.88. The Morgan fingerprint density at radius 2 is 2.00 bits per heavy atom. The minimum Gasteiger partial charge on any atom is -0.389 e. The lowest BCUT2D eigenvalue weighted by molar-refractivity contribution is 0.171. The Labute approximate surface area is 131 Å². The number of methoxy groups -OCH3 is 1. The van der Waals surface area contributed by atoms with Gasteiger partial charge in [-0.2, -0.15) is 0 Å². The lowest BCUT2D eigenvalue weighted by Crippen LogP contribution is -2.38. The Morgan fingerprint density at radius 1 is 1.38 bits per heavy atom. The standard InChI is InChI=1S/C14H22N2O3S2/c1-3-4-13(9-19-2)16-21(17,18)10-11-5-7-12(8-6-11)14(15)20/h5-8,13,16H,3-4,9-10H2,1-2H3,(H2,15,20). The number of ether oxygens (including phenoxy) is 1. The number of thiocarbonyl (C=S) groups is 1. The molecule has 7 heteroatoms. The molecule has 1 atom stereocenters. The Balaban J connectivity index is 2.72. The monoisotopic (exact) mass is 330 g/mol. The zero-order valence-electron chi connectivity index (χ0n) is 12.3. The number of hydrogen-bond donors (Lipinski definition) is 2. The van der Waals surface area contributed by atoms with Crippen molar-refractivity contribution in [2.45, 2.75) is 31.6 Å². The molecule has 1 unspecified atom stereocenters. The Hall–Kier alpha value is -1.02. The van der Waals surface area contributed by atoms with Crippen LogP contribution in [0.2, 0.25) is 0 Å². The maximum Gasteiger partial charge on any atom is 0.216 e. The lowest BCUT2D eigenvalue weighted by atomic mass is 10.1. The topological polar surface area (TPSA) is 81.4 Å². The van der Waals surface area contributed by atoms with Crippen molar-refractivity contribution in [1.82, 2.24) is 4.72 Å². The minimum atomic E-state index is -3.41. The molecule has 5 nitrogen and oxygen atoms in total. The van der Waals surface area contributed by atoms with E-state index in [1.54, 1.807) is 31.4 Å². The molecule has 0 aliphatic rings. The first-order valence-electron chi connectivity index (χ1n) is 6.75. The molecule has 0 heterocycles. The van der Waals surface area contributed by atoms with Crippen LogP contribution in [0.15, 0.2) is 24.3 Å². The molecule has 0 aliphatic carbocycles. The fraction of sp³-hybridized carbons (Fsp3) is 0.500. The third kappa shape index (κ3) is 6.52. The van der Waals surface area contributed by atoms with Gasteiger partial charge in [0.25, 0.3) is 0 Å². The zero-order valence-corrected chi connectivity index (χ0v) is 14.0. The third-order valence-corrected chi connectivity index (χ3v) is 4.59. The highest BCUT2D eigenvalue weighted by Gasteiger charge is 2.17. The number of nitrogens with one attached hydrogen (secondary N) is 1. The number of rotatable bonds is 9. The van der Waals surface area contributed by atoms with E-state index in [0.717, 1.165) is 18.4 Å². The summed E-state index contributed by atoms with van der Waals surface area (Å²) < 4.78 is 32.0. The quantitative estimate of drug-likeness (QED) is 0.672. The molecule has 0 aliphatic heterocycles. The first-order chi connectivity index (χ1) is 9.88. The molecule has 1 rings (SSSR count). The second kappa shape index (κ2) is 8.43. The molecular formula is C14H22N2O3S2. The number of benzene rings is 1. The van der Waals surface area contributed by atoms with Crippen LogP contribution >= 0.6 is 12.2 Å². The molecule has 21 heavy (non-hydrogen) atoms. The molecule has 0 aromatic heterocycles. The van der Waals surface area contributed by atoms with E-state index in [1.165, 1.54) is 0 Å². The molecule has 0 saturated heterocycles. The molecule has 1 aromatic carbocycles. The minimum absolute atomic E-state index is 0.0749. The third-order valence-electron chi connectivity index (χ3n) is 2.95. The van der Waals surface area contributed by atoms with Crippen LogP contribution < -0.4 is 10.5 Å². The average molecular weight is 330 g/mol. The van der Waals surface area contributed by atoms with Gasteiger partial charge in [0.2, 0.25) is 10.0 Å². The lowest BCUT2D eigenvalue weighted by Gasteiger charge is -2.17. The zero-order chi connectivity index (χ0) is 15.9. The molecule has 0 saturated carbocycles. The summed E-state index contributed by atoms with van der Waals surface area (Å²) in [5, 5.41) is 0. The first-order valence-corrected chi connectivity index (χ1v) is 8.81. The van der Waals surface area contributed by atoms with Crippen molar-refractivity contribution in [3.05, 3.63) is 35.4 Å². The maximum atomic E-state index is 12.2. The molecule has 0 bridgehead atoms. The van der Waals surface area contributed by atoms with Crippen LogP contribution in [0.25, 0.3) is 0 Å². The molecule has 0 radical (unpaired) electrons. The fourth-order valence-corrected chi connectivity index (χ4v) is 3.55. The van der Waals surface area contributed by atoms with Crippen LogP contribution in [-0.2, 0) is 20.5 Å². The average Bonchev–Trinajstić information content (AvgIpc) is 2.38. The Bertz CT molecular complexity index is 550. The van der Waals surface area contributed by atoms with Gasteiger partial charge in [0.1, 0.15) is 4.99 Å². The van der Waals surface area contributed by atoms with E-state index >= 15 is 0 Å². The first kappa shape index (κ1) is 18.0. The summed E-state index contributed by atoms with van der Waals surface area (Å²) in [7, 11) is -1.84. The summed E-state index contributed by atoms with van der Waals surface area (Å²) in [6.45, 7) is 2.37. The molecule has 0 fully saturated rings. The van der Waals surface area contributed by atoms with E-state index in [2.05, 4.69) is 4.72 Å². The maximum absolute atomic E-state index is 12.2. The van der Waals surface area contributed by atoms with Crippen LogP contribution in [0.3, 0.4) is 0 Å². The van der Waals surface area contributed by atoms with Crippen molar-refractivity contribution in [1.29, 1.82) is 0 Å². The Morgan fingerprint density at radius 3 is 2.48 bits per heavy atom. The van der Waals surface area contributed by atoms with E-state index < -0.39 is 10.0 Å². The van der Waals surface area contributed by atoms with Gasteiger partial charge >= 0.3 is 0 Å². The summed E-state index contributed by atoms with van der Waals surface area (Å²) in [5.41, 5.74) is 6.92. The summed E-state index contributed by atoms with van der Waals surface area (Å²) >= 11 is 4.86. The van der Waals surface area contributed by atoms with Gasteiger partial charge in [0.15, 0.2) is 0 Å². The van der Waals surface area contributed by atoms with Crippen LogP contribution in [0.4, 0.5) is 0 Å². The molecule has 0 amide bonds. The van der Waals surface area contributed by atoms with E-state index in [1.807, 2.05) is 6.92 Å². The molecular weight excluding hydrogens is 308 g/mol. The van der Waals surface area contributed by atoms with E-state index in [0.29, 0.717) is 17.2 Å². The number of nitrogens with two attached hydrogens (primary N) is 1. The van der Waals surface area contributed by atoms with Crippen molar-refractivity contribution >= 4 is 27.2 Å². The van der Waals surface area contributed by atoms with Gasteiger partial charge < -0.3 is 10.5 Å². The van der Waals surface area contributed by atoms with Crippen LogP contribution in [0, 0.1) is 0 Å². The highest BCUT2D eigenvalue weighted by molar-refractivity contribution is 7.88. The van der Waals surface area contributed by atoms with Gasteiger partial charge in [-0.3, -0.25) is 0 Å². The molecule has 3 N–H and O–H groups in total. The van der Waals surface area contributed by atoms with Gasteiger partial charge in [-0.15, -0.1) is 0 Å². The largest absolute Gasteiger partial charge is 0.389 e. The van der Waals surface area contributed by atoms with Gasteiger partial charge in [-0.25, -0.2) is 13.1 Å². The van der Waals surface area contributed by atoms with E-state index in [-0.39, 0.29) is 11.8 Å². The summed E-state index contributed by atoms with van der Waals surface area (Å²) in [4.78, 5) is 0.297. The van der Waals surface area contributed by atoms with Crippen molar-refractivity contribution in [2.24, 2.45) is 5.73 Å². The van der Waals surface area contributed by atoms with Gasteiger partial charge in [-0.05, 0) is 12.0 Å². The van der Waals surface area contributed by atoms with Crippen molar-refractivity contribution in [2.75, 3.05) is 13.7 Å². The van der Waals surface area contributed by atoms with E-state index in [4.69, 9.17) is 22.7 Å². The van der Waals surface area contributed by atoms with Gasteiger partial charge in [0.05, 0.1) is 12.4 Å². The van der Waals surface area contributed by atoms with E-state index in [9.17, 15) is 8.42 Å². The summed E-state index contributed by atoms with van der Waals surface area (Å²) in [6, 6.07) is 6.70. The SMILES string of the molecule is CCCC(COC)NS(=O)(=O)Cc1ccc(C(N)=S)cc1. The number of hydrogen-bond acceptors (Lipinski definition) is 4. The highest BCUT2D eigenvalue weighted by atomic mass is 32.2. The predicted molar refractivity (Wildman–Crippen MR) is 88.7 cm³/mol. The van der Waals surface area contributed by atoms with Crippen molar-refractivity contribution < 1.29 is 13.2 Å². The predicted octanol–water partition coefficient (Wildman–Crippen LogP) is 1.56. The summed E-state index contributed by atoms with van der Waals surface area (Å²) in [5.74, 6) is -0.0749. The summed E-state index contributed by atoms with van der Waals surface area (Å²) in [6.07, 6.45) is 1.63. The fourth-order valence-electron chi connectivity index (χ4n) is 2.01. The van der Waals surface area contributed by atoms with Crippen LogP contribution in [0.5, 0.6) is 0 Å². The van der Waals surface area contributed by atoms with Crippen molar-refractivity contribution in [3.8, 4) is 0 Å². The smallest absolute Gasteiger partial charge is 0.216 e. The second-order valence-corrected chi connectivity index (χ2v) is 7.07. The highest BCUT2D eigenvalue weighted by Crippen LogP contribution is 2.09. The Kier molecular flexibility index (Phi) is 7.24. The number of sulfonamides is 1. The normalized spacial score (nSPS) is 13.0. The van der Waals surface area contributed by atoms with Crippen LogP contribution in [0.1, 0.15) is 30.9 Å². The molecule has 0 spiro atoms. The van der Waals surface area contributed by atoms with Crippen molar-refractivity contribution in [3.63, 3.8) is 0 Å².